The number of likely N-dealkylation sites (N-methyl/N-ethyl adjacent to an activating group) is 1. The zero-order valence-electron chi connectivity index (χ0n) is 21.6. The van der Waals surface area contributed by atoms with Crippen molar-refractivity contribution in [2.45, 2.75) is 18.9 Å². The zero-order chi connectivity index (χ0) is 26.4. The van der Waals surface area contributed by atoms with Gasteiger partial charge in [-0.1, -0.05) is 42.5 Å². The fraction of sp³-hybridized carbons (Fsp3) is 0.276. The van der Waals surface area contributed by atoms with Gasteiger partial charge in [0, 0.05) is 32.2 Å². The van der Waals surface area contributed by atoms with Crippen LogP contribution in [-0.2, 0) is 13.5 Å². The van der Waals surface area contributed by atoms with Crippen molar-refractivity contribution >= 4 is 22.8 Å². The number of ether oxygens (including phenoxy) is 2. The molecule has 37 heavy (non-hydrogen) atoms. The Hall–Kier alpha value is -4.33. The summed E-state index contributed by atoms with van der Waals surface area (Å²) in [6.07, 6.45) is 1.22. The highest BCUT2D eigenvalue weighted by molar-refractivity contribution is 5.95. The lowest BCUT2D eigenvalue weighted by Crippen LogP contribution is -2.41. The van der Waals surface area contributed by atoms with Gasteiger partial charge in [0.2, 0.25) is 0 Å². The average molecular weight is 501 g/mol. The van der Waals surface area contributed by atoms with E-state index in [1.807, 2.05) is 61.6 Å². The van der Waals surface area contributed by atoms with E-state index in [9.17, 15) is 9.59 Å². The quantitative estimate of drug-likeness (QED) is 0.355. The molecule has 1 atom stereocenters. The number of hydrogen-bond donors (Lipinski definition) is 1. The van der Waals surface area contributed by atoms with Gasteiger partial charge in [-0.05, 0) is 48.7 Å². The van der Waals surface area contributed by atoms with Gasteiger partial charge in [-0.25, -0.2) is 4.98 Å². The summed E-state index contributed by atoms with van der Waals surface area (Å²) in [6, 6.07) is 22.6. The number of nitrogens with zero attached hydrogens (tertiary/aromatic N) is 3. The van der Waals surface area contributed by atoms with E-state index in [0.717, 1.165) is 16.6 Å². The lowest BCUT2D eigenvalue weighted by molar-refractivity contribution is 0.0722. The van der Waals surface area contributed by atoms with Gasteiger partial charge in [0.25, 0.3) is 11.8 Å². The molecule has 0 fully saturated rings. The van der Waals surface area contributed by atoms with E-state index in [4.69, 9.17) is 9.47 Å². The molecule has 0 bridgehead atoms. The number of hydrogen-bond acceptors (Lipinski definition) is 5. The van der Waals surface area contributed by atoms with Gasteiger partial charge >= 0.3 is 0 Å². The standard InChI is InChI=1S/C29H32N4O4/c1-32(29(35)21-14-15-25(36-3)26(19-21)37-4)22(18-20-10-6-5-7-11-20)16-17-30-28(34)27-31-23-12-8-9-13-24(23)33(27)2/h5-15,19,22H,16-18H2,1-4H3,(H,30,34). The minimum atomic E-state index is -0.244. The molecule has 8 heteroatoms. The lowest BCUT2D eigenvalue weighted by Gasteiger charge is -2.29. The first-order chi connectivity index (χ1) is 17.9. The Labute approximate surface area is 216 Å². The van der Waals surface area contributed by atoms with Crippen LogP contribution in [0.4, 0.5) is 0 Å². The third-order valence-electron chi connectivity index (χ3n) is 6.57. The average Bonchev–Trinajstić information content (AvgIpc) is 3.28. The molecule has 0 aliphatic carbocycles. The SMILES string of the molecule is COc1ccc(C(=O)N(C)C(CCNC(=O)c2nc3ccccc3n2C)Cc2ccccc2)cc1OC. The van der Waals surface area contributed by atoms with Crippen molar-refractivity contribution in [2.24, 2.45) is 7.05 Å². The van der Waals surface area contributed by atoms with Crippen LogP contribution in [0.5, 0.6) is 11.5 Å². The zero-order valence-corrected chi connectivity index (χ0v) is 21.6. The van der Waals surface area contributed by atoms with Crippen LogP contribution >= 0.6 is 0 Å². The minimum Gasteiger partial charge on any atom is -0.493 e. The summed E-state index contributed by atoms with van der Waals surface area (Å²) < 4.78 is 12.5. The van der Waals surface area contributed by atoms with Crippen molar-refractivity contribution in [2.75, 3.05) is 27.8 Å². The molecular weight excluding hydrogens is 468 g/mol. The molecule has 192 valence electrons. The number of carbonyl (C=O) groups is 2. The highest BCUT2D eigenvalue weighted by atomic mass is 16.5. The van der Waals surface area contributed by atoms with Gasteiger partial charge in [0.1, 0.15) is 0 Å². The van der Waals surface area contributed by atoms with Crippen molar-refractivity contribution < 1.29 is 19.1 Å². The van der Waals surface area contributed by atoms with E-state index in [-0.39, 0.29) is 17.9 Å². The fourth-order valence-electron chi connectivity index (χ4n) is 4.44. The van der Waals surface area contributed by atoms with E-state index in [0.29, 0.717) is 42.3 Å². The molecule has 3 aromatic carbocycles. The summed E-state index contributed by atoms with van der Waals surface area (Å²) in [6.45, 7) is 0.392. The molecule has 8 nitrogen and oxygen atoms in total. The fourth-order valence-corrected chi connectivity index (χ4v) is 4.44. The predicted molar refractivity (Wildman–Crippen MR) is 143 cm³/mol. The van der Waals surface area contributed by atoms with Crippen molar-refractivity contribution in [1.82, 2.24) is 19.8 Å². The van der Waals surface area contributed by atoms with E-state index in [2.05, 4.69) is 10.3 Å². The molecule has 0 aliphatic rings. The van der Waals surface area contributed by atoms with Crippen LogP contribution in [0.3, 0.4) is 0 Å². The number of aromatic nitrogens is 2. The maximum Gasteiger partial charge on any atom is 0.287 e. The molecule has 4 rings (SSSR count). The molecule has 1 unspecified atom stereocenters. The molecule has 0 saturated carbocycles. The highest BCUT2D eigenvalue weighted by Crippen LogP contribution is 2.28. The molecule has 1 aromatic heterocycles. The largest absolute Gasteiger partial charge is 0.493 e. The van der Waals surface area contributed by atoms with Crippen molar-refractivity contribution in [3.8, 4) is 11.5 Å². The molecule has 2 amide bonds. The number of para-hydroxylation sites is 2. The van der Waals surface area contributed by atoms with Crippen LogP contribution in [0.15, 0.2) is 72.8 Å². The Bertz CT molecular complexity index is 1380. The molecule has 0 aliphatic heterocycles. The highest BCUT2D eigenvalue weighted by Gasteiger charge is 2.23. The van der Waals surface area contributed by atoms with Crippen LogP contribution < -0.4 is 14.8 Å². The first-order valence-corrected chi connectivity index (χ1v) is 12.2. The van der Waals surface area contributed by atoms with Crippen molar-refractivity contribution in [1.29, 1.82) is 0 Å². The number of imidazole rings is 1. The molecule has 0 saturated heterocycles. The van der Waals surface area contributed by atoms with Gasteiger partial charge in [-0.3, -0.25) is 9.59 Å². The first kappa shape index (κ1) is 25.8. The maximum atomic E-state index is 13.4. The van der Waals surface area contributed by atoms with Gasteiger partial charge in [0.05, 0.1) is 25.3 Å². The molecule has 4 aromatic rings. The van der Waals surface area contributed by atoms with E-state index in [1.54, 1.807) is 48.9 Å². The number of amides is 2. The second-order valence-electron chi connectivity index (χ2n) is 8.86. The predicted octanol–water partition coefficient (Wildman–Crippen LogP) is 4.09. The Kier molecular flexibility index (Phi) is 8.08. The second-order valence-corrected chi connectivity index (χ2v) is 8.86. The Balaban J connectivity index is 1.49. The Morgan fingerprint density at radius 3 is 2.38 bits per heavy atom. The summed E-state index contributed by atoms with van der Waals surface area (Å²) in [5, 5.41) is 2.99. The number of aryl methyl sites for hydroxylation is 1. The van der Waals surface area contributed by atoms with E-state index >= 15 is 0 Å². The smallest absolute Gasteiger partial charge is 0.287 e. The monoisotopic (exact) mass is 500 g/mol. The molecule has 0 radical (unpaired) electrons. The van der Waals surface area contributed by atoms with E-state index in [1.165, 1.54) is 0 Å². The molecule has 1 heterocycles. The lowest BCUT2D eigenvalue weighted by atomic mass is 10.0. The van der Waals surface area contributed by atoms with Crippen LogP contribution in [0.25, 0.3) is 11.0 Å². The van der Waals surface area contributed by atoms with Gasteiger partial charge in [-0.15, -0.1) is 0 Å². The summed E-state index contributed by atoms with van der Waals surface area (Å²) in [4.78, 5) is 32.6. The van der Waals surface area contributed by atoms with Crippen LogP contribution in [-0.4, -0.2) is 60.1 Å². The number of fused-ring (bicyclic) bond motifs is 1. The number of benzene rings is 3. The third-order valence-corrected chi connectivity index (χ3v) is 6.57. The number of nitrogens with one attached hydrogen (secondary N) is 1. The number of methoxy groups -OCH3 is 2. The summed E-state index contributed by atoms with van der Waals surface area (Å²) in [5.74, 6) is 1.04. The van der Waals surface area contributed by atoms with Gasteiger partial charge < -0.3 is 24.3 Å². The first-order valence-electron chi connectivity index (χ1n) is 12.2. The van der Waals surface area contributed by atoms with Crippen LogP contribution in [0, 0.1) is 0 Å². The normalized spacial score (nSPS) is 11.7. The number of rotatable bonds is 10. The van der Waals surface area contributed by atoms with Crippen LogP contribution in [0.2, 0.25) is 0 Å². The van der Waals surface area contributed by atoms with Crippen LogP contribution in [0.1, 0.15) is 33.0 Å². The molecule has 0 spiro atoms. The second kappa shape index (κ2) is 11.6. The van der Waals surface area contributed by atoms with Crippen molar-refractivity contribution in [3.63, 3.8) is 0 Å². The molecular formula is C29H32N4O4. The van der Waals surface area contributed by atoms with E-state index < -0.39 is 0 Å². The summed E-state index contributed by atoms with van der Waals surface area (Å²) in [5.41, 5.74) is 3.29. The summed E-state index contributed by atoms with van der Waals surface area (Å²) in [7, 11) is 6.72. The minimum absolute atomic E-state index is 0.136. The Morgan fingerprint density at radius 1 is 0.973 bits per heavy atom. The maximum absolute atomic E-state index is 13.4. The topological polar surface area (TPSA) is 85.7 Å². The number of carbonyl (C=O) groups excluding carboxylic acids is 2. The van der Waals surface area contributed by atoms with Gasteiger partial charge in [-0.2, -0.15) is 0 Å². The van der Waals surface area contributed by atoms with Gasteiger partial charge in [0.15, 0.2) is 17.3 Å². The molecule has 1 N–H and O–H groups in total. The summed E-state index contributed by atoms with van der Waals surface area (Å²) >= 11 is 0. The van der Waals surface area contributed by atoms with Crippen molar-refractivity contribution in [3.05, 3.63) is 89.7 Å². The third kappa shape index (κ3) is 5.74. The Morgan fingerprint density at radius 2 is 1.68 bits per heavy atom.